The summed E-state index contributed by atoms with van der Waals surface area (Å²) in [6, 6.07) is 0.335. The van der Waals surface area contributed by atoms with Gasteiger partial charge in [-0.3, -0.25) is 0 Å². The number of ether oxygens (including phenoxy) is 2. The summed E-state index contributed by atoms with van der Waals surface area (Å²) in [5.74, 6) is 0. The molecular weight excluding hydrogens is 202 g/mol. The number of nitrogens with one attached hydrogen (secondary N) is 1. The smallest absolute Gasteiger partial charge is 0.0857 e. The van der Waals surface area contributed by atoms with E-state index in [1.165, 1.54) is 25.7 Å². The monoisotopic (exact) mass is 229 g/mol. The Balaban J connectivity index is 2.51. The lowest BCUT2D eigenvalue weighted by atomic mass is 9.92. The Morgan fingerprint density at radius 1 is 1.25 bits per heavy atom. The highest BCUT2D eigenvalue weighted by atomic mass is 16.5. The number of rotatable bonds is 8. The minimum atomic E-state index is 0.0250. The zero-order chi connectivity index (χ0) is 11.9. The molecule has 0 aromatic carbocycles. The molecule has 0 spiro atoms. The van der Waals surface area contributed by atoms with Crippen molar-refractivity contribution in [1.82, 2.24) is 5.32 Å². The summed E-state index contributed by atoms with van der Waals surface area (Å²) >= 11 is 0. The molecule has 0 aromatic rings. The maximum Gasteiger partial charge on any atom is 0.0857 e. The van der Waals surface area contributed by atoms with E-state index in [2.05, 4.69) is 19.2 Å². The molecule has 1 N–H and O–H groups in total. The molecule has 0 aromatic heterocycles. The number of likely N-dealkylation sites (N-methyl/N-ethyl adjacent to an activating group) is 1. The molecule has 0 amide bonds. The average Bonchev–Trinajstić information content (AvgIpc) is 2.74. The van der Waals surface area contributed by atoms with Crippen LogP contribution in [-0.4, -0.2) is 38.5 Å². The molecule has 1 rings (SSSR count). The minimum Gasteiger partial charge on any atom is -0.380 e. The highest BCUT2D eigenvalue weighted by Gasteiger charge is 2.41. The van der Waals surface area contributed by atoms with Crippen LogP contribution in [0.25, 0.3) is 0 Å². The predicted octanol–water partition coefficient (Wildman–Crippen LogP) is 2.35. The van der Waals surface area contributed by atoms with E-state index in [1.54, 1.807) is 0 Å². The first-order valence-electron chi connectivity index (χ1n) is 6.68. The molecule has 96 valence electrons. The zero-order valence-electron chi connectivity index (χ0n) is 11.1. The molecule has 0 saturated heterocycles. The molecule has 1 unspecified atom stereocenters. The molecule has 0 aliphatic heterocycles. The Labute approximate surface area is 99.9 Å². The van der Waals surface area contributed by atoms with Gasteiger partial charge in [-0.1, -0.05) is 19.8 Å². The largest absolute Gasteiger partial charge is 0.380 e. The second kappa shape index (κ2) is 7.25. The van der Waals surface area contributed by atoms with Crippen molar-refractivity contribution in [2.45, 2.75) is 57.6 Å². The Morgan fingerprint density at radius 2 is 1.94 bits per heavy atom. The van der Waals surface area contributed by atoms with Crippen molar-refractivity contribution < 1.29 is 9.47 Å². The zero-order valence-corrected chi connectivity index (χ0v) is 11.1. The van der Waals surface area contributed by atoms with Crippen LogP contribution in [-0.2, 0) is 9.47 Å². The summed E-state index contributed by atoms with van der Waals surface area (Å²) in [6.07, 6.45) is 5.99. The lowest BCUT2D eigenvalue weighted by Crippen LogP contribution is -2.52. The van der Waals surface area contributed by atoms with Crippen molar-refractivity contribution >= 4 is 0 Å². The van der Waals surface area contributed by atoms with Crippen molar-refractivity contribution in [3.8, 4) is 0 Å². The third kappa shape index (κ3) is 3.44. The average molecular weight is 229 g/mol. The van der Waals surface area contributed by atoms with E-state index >= 15 is 0 Å². The molecule has 1 aliphatic carbocycles. The fourth-order valence-corrected chi connectivity index (χ4v) is 2.70. The van der Waals surface area contributed by atoms with E-state index in [0.29, 0.717) is 6.04 Å². The first-order chi connectivity index (χ1) is 7.79. The summed E-state index contributed by atoms with van der Waals surface area (Å²) in [4.78, 5) is 0. The molecule has 0 bridgehead atoms. The second-order valence-corrected chi connectivity index (χ2v) is 4.62. The first-order valence-corrected chi connectivity index (χ1v) is 6.68. The molecule has 1 aliphatic rings. The van der Waals surface area contributed by atoms with Crippen molar-refractivity contribution in [2.75, 3.05) is 26.9 Å². The quantitative estimate of drug-likeness (QED) is 0.648. The van der Waals surface area contributed by atoms with Gasteiger partial charge in [0.05, 0.1) is 18.2 Å². The van der Waals surface area contributed by atoms with Gasteiger partial charge < -0.3 is 14.8 Å². The van der Waals surface area contributed by atoms with E-state index in [1.807, 2.05) is 7.05 Å². The van der Waals surface area contributed by atoms with Gasteiger partial charge in [-0.2, -0.15) is 0 Å². The fourth-order valence-electron chi connectivity index (χ4n) is 2.70. The van der Waals surface area contributed by atoms with Crippen molar-refractivity contribution in [1.29, 1.82) is 0 Å². The highest BCUT2D eigenvalue weighted by Crippen LogP contribution is 2.36. The fraction of sp³-hybridized carbons (Fsp3) is 1.00. The number of hydrogen-bond acceptors (Lipinski definition) is 3. The van der Waals surface area contributed by atoms with E-state index in [-0.39, 0.29) is 5.60 Å². The van der Waals surface area contributed by atoms with Gasteiger partial charge in [0.15, 0.2) is 0 Å². The Kier molecular flexibility index (Phi) is 6.32. The molecule has 1 atom stereocenters. The van der Waals surface area contributed by atoms with Gasteiger partial charge in [0.25, 0.3) is 0 Å². The van der Waals surface area contributed by atoms with Gasteiger partial charge in [0, 0.05) is 13.2 Å². The highest BCUT2D eigenvalue weighted by molar-refractivity contribution is 4.96. The van der Waals surface area contributed by atoms with Crippen LogP contribution in [0.1, 0.15) is 46.0 Å². The Morgan fingerprint density at radius 3 is 2.44 bits per heavy atom. The summed E-state index contributed by atoms with van der Waals surface area (Å²) < 4.78 is 11.7. The maximum atomic E-state index is 6.03. The Hall–Kier alpha value is -0.120. The van der Waals surface area contributed by atoms with E-state index in [0.717, 1.165) is 26.2 Å². The van der Waals surface area contributed by atoms with Gasteiger partial charge in [0.1, 0.15) is 0 Å². The van der Waals surface area contributed by atoms with Crippen LogP contribution in [0.2, 0.25) is 0 Å². The standard InChI is InChI=1S/C13H27NO2/c1-4-10-15-11-12(14-3)13(16-5-2)8-6-7-9-13/h12,14H,4-11H2,1-3H3. The summed E-state index contributed by atoms with van der Waals surface area (Å²) in [7, 11) is 2.01. The maximum absolute atomic E-state index is 6.03. The van der Waals surface area contributed by atoms with E-state index in [9.17, 15) is 0 Å². The van der Waals surface area contributed by atoms with Gasteiger partial charge >= 0.3 is 0 Å². The molecule has 0 radical (unpaired) electrons. The lowest BCUT2D eigenvalue weighted by molar-refractivity contribution is -0.0786. The van der Waals surface area contributed by atoms with E-state index in [4.69, 9.17) is 9.47 Å². The SMILES string of the molecule is CCCOCC(NC)C1(OCC)CCCC1. The van der Waals surface area contributed by atoms with Crippen LogP contribution >= 0.6 is 0 Å². The van der Waals surface area contributed by atoms with Crippen LogP contribution in [0.15, 0.2) is 0 Å². The first kappa shape index (κ1) is 13.9. The van der Waals surface area contributed by atoms with Crippen LogP contribution in [0.3, 0.4) is 0 Å². The van der Waals surface area contributed by atoms with Gasteiger partial charge in [-0.15, -0.1) is 0 Å². The van der Waals surface area contributed by atoms with Crippen LogP contribution in [0.5, 0.6) is 0 Å². The lowest BCUT2D eigenvalue weighted by Gasteiger charge is -2.37. The topological polar surface area (TPSA) is 30.5 Å². The van der Waals surface area contributed by atoms with Crippen LogP contribution in [0, 0.1) is 0 Å². The van der Waals surface area contributed by atoms with E-state index < -0.39 is 0 Å². The minimum absolute atomic E-state index is 0.0250. The van der Waals surface area contributed by atoms with Crippen molar-refractivity contribution in [3.05, 3.63) is 0 Å². The normalized spacial score (nSPS) is 21.2. The third-order valence-corrected chi connectivity index (χ3v) is 3.50. The molecule has 0 heterocycles. The molecule has 1 saturated carbocycles. The predicted molar refractivity (Wildman–Crippen MR) is 66.8 cm³/mol. The third-order valence-electron chi connectivity index (χ3n) is 3.50. The summed E-state index contributed by atoms with van der Waals surface area (Å²) in [5, 5.41) is 3.38. The molecular formula is C13H27NO2. The van der Waals surface area contributed by atoms with Crippen molar-refractivity contribution in [2.24, 2.45) is 0 Å². The summed E-state index contributed by atoms with van der Waals surface area (Å²) in [5.41, 5.74) is 0.0250. The molecule has 3 nitrogen and oxygen atoms in total. The molecule has 1 fully saturated rings. The van der Waals surface area contributed by atoms with Gasteiger partial charge in [-0.05, 0) is 33.2 Å². The van der Waals surface area contributed by atoms with Crippen molar-refractivity contribution in [3.63, 3.8) is 0 Å². The molecule has 3 heteroatoms. The number of hydrogen-bond donors (Lipinski definition) is 1. The van der Waals surface area contributed by atoms with Crippen LogP contribution < -0.4 is 5.32 Å². The second-order valence-electron chi connectivity index (χ2n) is 4.62. The van der Waals surface area contributed by atoms with Gasteiger partial charge in [0.2, 0.25) is 0 Å². The summed E-state index contributed by atoms with van der Waals surface area (Å²) in [6.45, 7) is 6.64. The Bertz CT molecular complexity index is 179. The van der Waals surface area contributed by atoms with Gasteiger partial charge in [-0.25, -0.2) is 0 Å². The van der Waals surface area contributed by atoms with Crippen LogP contribution in [0.4, 0.5) is 0 Å². The molecule has 16 heavy (non-hydrogen) atoms.